The minimum Gasteiger partial charge on any atom is -0.389 e. The molecule has 1 heterocycles. The predicted octanol–water partition coefficient (Wildman–Crippen LogP) is 1.54. The Hall–Kier alpha value is -2.21. The maximum absolute atomic E-state index is 11.4. The van der Waals surface area contributed by atoms with E-state index in [0.717, 1.165) is 10.9 Å². The van der Waals surface area contributed by atoms with Crippen molar-refractivity contribution < 1.29 is 4.79 Å². The van der Waals surface area contributed by atoms with E-state index in [1.165, 1.54) is 0 Å². The fourth-order valence-electron chi connectivity index (χ4n) is 1.76. The fraction of sp³-hybridized carbons (Fsp3) is 0.214. The van der Waals surface area contributed by atoms with Crippen molar-refractivity contribution in [2.45, 2.75) is 19.4 Å². The summed E-state index contributed by atoms with van der Waals surface area (Å²) in [5.74, 6) is -0.0265. The Kier molecular flexibility index (Phi) is 3.59. The molecule has 0 spiro atoms. The molecule has 1 amide bonds. The van der Waals surface area contributed by atoms with Crippen LogP contribution in [0.5, 0.6) is 0 Å². The van der Waals surface area contributed by atoms with Crippen LogP contribution in [0, 0.1) is 0 Å². The molecule has 0 unspecified atom stereocenters. The predicted molar refractivity (Wildman–Crippen MR) is 84.5 cm³/mol. The van der Waals surface area contributed by atoms with E-state index in [9.17, 15) is 4.79 Å². The van der Waals surface area contributed by atoms with E-state index in [2.05, 4.69) is 10.3 Å². The summed E-state index contributed by atoms with van der Waals surface area (Å²) in [6.07, 6.45) is 0. The number of para-hydroxylation sites is 1. The second-order valence-corrected chi connectivity index (χ2v) is 5.50. The van der Waals surface area contributed by atoms with Crippen LogP contribution in [-0.4, -0.2) is 21.4 Å². The first kappa shape index (κ1) is 14.2. The molecule has 1 aromatic carbocycles. The lowest BCUT2D eigenvalue weighted by atomic mass is 10.0. The first-order valence-electron chi connectivity index (χ1n) is 6.09. The molecule has 5 N–H and O–H groups in total. The molecule has 1 aromatic heterocycles. The fourth-order valence-corrected chi connectivity index (χ4v) is 1.91. The Morgan fingerprint density at radius 1 is 1.30 bits per heavy atom. The Labute approximate surface area is 122 Å². The summed E-state index contributed by atoms with van der Waals surface area (Å²) in [6.45, 7) is 3.35. The van der Waals surface area contributed by atoms with Gasteiger partial charge < -0.3 is 16.8 Å². The van der Waals surface area contributed by atoms with Crippen molar-refractivity contribution in [3.8, 4) is 0 Å². The molecule has 20 heavy (non-hydrogen) atoms. The smallest absolute Gasteiger partial charge is 0.242 e. The number of carbonyl (C=O) groups excluding carboxylic acids is 1. The molecule has 104 valence electrons. The number of pyridine rings is 1. The van der Waals surface area contributed by atoms with Crippen LogP contribution < -0.4 is 16.8 Å². The van der Waals surface area contributed by atoms with Crippen LogP contribution in [0.2, 0.25) is 0 Å². The highest BCUT2D eigenvalue weighted by molar-refractivity contribution is 7.80. The van der Waals surface area contributed by atoms with E-state index in [1.807, 2.05) is 30.3 Å². The lowest BCUT2D eigenvalue weighted by molar-refractivity contribution is -0.121. The molecule has 6 heteroatoms. The van der Waals surface area contributed by atoms with Gasteiger partial charge in [0.15, 0.2) is 0 Å². The van der Waals surface area contributed by atoms with E-state index in [1.54, 1.807) is 13.8 Å². The Morgan fingerprint density at radius 2 is 1.95 bits per heavy atom. The zero-order valence-electron chi connectivity index (χ0n) is 11.3. The van der Waals surface area contributed by atoms with Gasteiger partial charge in [0.05, 0.1) is 11.1 Å². The van der Waals surface area contributed by atoms with Gasteiger partial charge in [-0.05, 0) is 26.0 Å². The lowest BCUT2D eigenvalue weighted by Gasteiger charge is -2.24. The summed E-state index contributed by atoms with van der Waals surface area (Å²) >= 11 is 5.05. The number of aromatic nitrogens is 1. The summed E-state index contributed by atoms with van der Waals surface area (Å²) in [6, 6.07) is 9.45. The second-order valence-electron chi connectivity index (χ2n) is 5.06. The van der Waals surface area contributed by atoms with Crippen molar-refractivity contribution in [3.63, 3.8) is 0 Å². The number of thiocarbonyl (C=S) groups is 1. The highest BCUT2D eigenvalue weighted by atomic mass is 32.1. The van der Waals surface area contributed by atoms with E-state index in [-0.39, 0.29) is 4.99 Å². The zero-order chi connectivity index (χ0) is 14.9. The molecule has 0 atom stereocenters. The van der Waals surface area contributed by atoms with Crippen molar-refractivity contribution in [2.24, 2.45) is 11.5 Å². The molecule has 0 saturated carbocycles. The van der Waals surface area contributed by atoms with Gasteiger partial charge in [0, 0.05) is 5.39 Å². The third kappa shape index (κ3) is 2.70. The van der Waals surface area contributed by atoms with Gasteiger partial charge >= 0.3 is 0 Å². The van der Waals surface area contributed by atoms with Crippen molar-refractivity contribution >= 4 is 39.8 Å². The standard InChI is InChI=1S/C14H16N4OS/c1-14(2,13(16)19)18-12-9(11(15)20)7-8-5-3-4-6-10(8)17-12/h3-7H,1-2H3,(H2,15,20)(H2,16,19)(H,17,18). The van der Waals surface area contributed by atoms with Crippen LogP contribution in [0.25, 0.3) is 10.9 Å². The van der Waals surface area contributed by atoms with Gasteiger partial charge in [-0.3, -0.25) is 4.79 Å². The zero-order valence-corrected chi connectivity index (χ0v) is 12.1. The lowest BCUT2D eigenvalue weighted by Crippen LogP contribution is -2.45. The van der Waals surface area contributed by atoms with E-state index in [0.29, 0.717) is 11.4 Å². The number of fused-ring (bicyclic) bond motifs is 1. The minimum absolute atomic E-state index is 0.214. The van der Waals surface area contributed by atoms with Gasteiger partial charge in [0.1, 0.15) is 16.3 Å². The van der Waals surface area contributed by atoms with Crippen molar-refractivity contribution in [2.75, 3.05) is 5.32 Å². The Morgan fingerprint density at radius 3 is 2.55 bits per heavy atom. The third-order valence-corrected chi connectivity index (χ3v) is 3.26. The Balaban J connectivity index is 2.58. The molecule has 0 aliphatic carbocycles. The summed E-state index contributed by atoms with van der Waals surface area (Å²) in [7, 11) is 0. The molecule has 0 aliphatic rings. The number of hydrogen-bond acceptors (Lipinski definition) is 4. The van der Waals surface area contributed by atoms with Crippen molar-refractivity contribution in [1.29, 1.82) is 0 Å². The third-order valence-electron chi connectivity index (χ3n) is 3.04. The second kappa shape index (κ2) is 5.05. The monoisotopic (exact) mass is 288 g/mol. The number of anilines is 1. The van der Waals surface area contributed by atoms with Crippen LogP contribution in [0.15, 0.2) is 30.3 Å². The Bertz CT molecular complexity index is 697. The summed E-state index contributed by atoms with van der Waals surface area (Å²) in [4.78, 5) is 16.1. The normalized spacial score (nSPS) is 11.3. The molecular formula is C14H16N4OS. The number of nitrogens with one attached hydrogen (secondary N) is 1. The van der Waals surface area contributed by atoms with Crippen molar-refractivity contribution in [3.05, 3.63) is 35.9 Å². The average molecular weight is 288 g/mol. The number of nitrogens with zero attached hydrogens (tertiary/aromatic N) is 1. The van der Waals surface area contributed by atoms with Crippen LogP contribution in [0.4, 0.5) is 5.82 Å². The first-order valence-corrected chi connectivity index (χ1v) is 6.50. The molecule has 5 nitrogen and oxygen atoms in total. The number of nitrogens with two attached hydrogens (primary N) is 2. The molecule has 0 saturated heterocycles. The van der Waals surface area contributed by atoms with E-state index >= 15 is 0 Å². The molecule has 2 rings (SSSR count). The number of rotatable bonds is 4. The van der Waals surface area contributed by atoms with Gasteiger partial charge in [-0.1, -0.05) is 30.4 Å². The number of carbonyl (C=O) groups is 1. The highest BCUT2D eigenvalue weighted by Gasteiger charge is 2.26. The van der Waals surface area contributed by atoms with Gasteiger partial charge in [0.25, 0.3) is 0 Å². The average Bonchev–Trinajstić information content (AvgIpc) is 2.37. The topological polar surface area (TPSA) is 94.0 Å². The molecule has 2 aromatic rings. The van der Waals surface area contributed by atoms with Gasteiger partial charge in [-0.25, -0.2) is 4.98 Å². The molecule has 0 aliphatic heterocycles. The maximum Gasteiger partial charge on any atom is 0.242 e. The SMILES string of the molecule is CC(C)(Nc1nc2ccccc2cc1C(N)=S)C(N)=O. The van der Waals surface area contributed by atoms with E-state index in [4.69, 9.17) is 23.7 Å². The quantitative estimate of drug-likeness (QED) is 0.742. The number of hydrogen-bond donors (Lipinski definition) is 3. The van der Waals surface area contributed by atoms with Gasteiger partial charge in [-0.2, -0.15) is 0 Å². The maximum atomic E-state index is 11.4. The van der Waals surface area contributed by atoms with Crippen LogP contribution in [0.1, 0.15) is 19.4 Å². The summed E-state index contributed by atoms with van der Waals surface area (Å²) < 4.78 is 0. The van der Waals surface area contributed by atoms with Crippen molar-refractivity contribution in [1.82, 2.24) is 4.98 Å². The largest absolute Gasteiger partial charge is 0.389 e. The molecular weight excluding hydrogens is 272 g/mol. The number of benzene rings is 1. The minimum atomic E-state index is -0.949. The van der Waals surface area contributed by atoms with Crippen LogP contribution in [0.3, 0.4) is 0 Å². The number of primary amides is 1. The van der Waals surface area contributed by atoms with Crippen LogP contribution in [-0.2, 0) is 4.79 Å². The first-order chi connectivity index (χ1) is 9.31. The molecule has 0 fully saturated rings. The highest BCUT2D eigenvalue weighted by Crippen LogP contribution is 2.23. The van der Waals surface area contributed by atoms with Crippen LogP contribution >= 0.6 is 12.2 Å². The summed E-state index contributed by atoms with van der Waals surface area (Å²) in [5.41, 5.74) is 11.5. The molecule has 0 bridgehead atoms. The van der Waals surface area contributed by atoms with Gasteiger partial charge in [-0.15, -0.1) is 0 Å². The number of amides is 1. The van der Waals surface area contributed by atoms with E-state index < -0.39 is 11.4 Å². The molecule has 0 radical (unpaired) electrons. The van der Waals surface area contributed by atoms with Gasteiger partial charge in [0.2, 0.25) is 5.91 Å². The summed E-state index contributed by atoms with van der Waals surface area (Å²) in [5, 5.41) is 3.94.